The van der Waals surface area contributed by atoms with Crippen LogP contribution in [0.5, 0.6) is 0 Å². The van der Waals surface area contributed by atoms with E-state index >= 15 is 0 Å². The Bertz CT molecular complexity index is 569. The highest BCUT2D eigenvalue weighted by Gasteiger charge is 2.51. The molecule has 0 bridgehead atoms. The lowest BCUT2D eigenvalue weighted by Crippen LogP contribution is -2.73. The summed E-state index contributed by atoms with van der Waals surface area (Å²) in [4.78, 5) is 25.3. The summed E-state index contributed by atoms with van der Waals surface area (Å²) in [6.07, 6.45) is -0.435. The summed E-state index contributed by atoms with van der Waals surface area (Å²) >= 11 is 0. The number of hydrogen-bond donors (Lipinski definition) is 2. The van der Waals surface area contributed by atoms with Crippen LogP contribution in [0, 0.1) is 6.92 Å². The molecule has 1 aliphatic rings. The van der Waals surface area contributed by atoms with Gasteiger partial charge in [-0.1, -0.05) is 17.7 Å². The molecule has 0 aromatic heterocycles. The van der Waals surface area contributed by atoms with Crippen molar-refractivity contribution in [2.45, 2.75) is 38.8 Å². The Morgan fingerprint density at radius 2 is 1.77 bits per heavy atom. The van der Waals surface area contributed by atoms with E-state index in [0.29, 0.717) is 0 Å². The van der Waals surface area contributed by atoms with E-state index < -0.39 is 23.1 Å². The van der Waals surface area contributed by atoms with Gasteiger partial charge in [0.25, 0.3) is 0 Å². The normalized spacial score (nSPS) is 16.6. The van der Waals surface area contributed by atoms with Crippen LogP contribution in [0.25, 0.3) is 0 Å². The molecule has 2 rings (SSSR count). The Balaban J connectivity index is 2.03. The first-order valence-electron chi connectivity index (χ1n) is 7.24. The molecule has 3 N–H and O–H groups in total. The highest BCUT2D eigenvalue weighted by Crippen LogP contribution is 2.27. The molecule has 1 saturated heterocycles. The first-order chi connectivity index (χ1) is 10.1. The second-order valence-electron chi connectivity index (χ2n) is 6.77. The molecule has 1 aliphatic heterocycles. The first-order valence-corrected chi connectivity index (χ1v) is 7.24. The van der Waals surface area contributed by atoms with Crippen LogP contribution in [-0.2, 0) is 9.53 Å². The summed E-state index contributed by atoms with van der Waals surface area (Å²) in [5, 5.41) is 3.14. The predicted octanol–water partition coefficient (Wildman–Crippen LogP) is 1.88. The smallest absolute Gasteiger partial charge is 0.410 e. The van der Waals surface area contributed by atoms with Crippen molar-refractivity contribution in [3.8, 4) is 0 Å². The van der Waals surface area contributed by atoms with Crippen LogP contribution in [0.2, 0.25) is 0 Å². The van der Waals surface area contributed by atoms with Crippen molar-refractivity contribution >= 4 is 17.7 Å². The van der Waals surface area contributed by atoms with Gasteiger partial charge in [-0.2, -0.15) is 0 Å². The van der Waals surface area contributed by atoms with Gasteiger partial charge in [-0.05, 0) is 39.8 Å². The number of hydrogen-bond acceptors (Lipinski definition) is 4. The zero-order valence-electron chi connectivity index (χ0n) is 13.5. The largest absolute Gasteiger partial charge is 0.444 e. The van der Waals surface area contributed by atoms with Gasteiger partial charge >= 0.3 is 6.09 Å². The number of carbonyl (C=O) groups excluding carboxylic acids is 2. The Kier molecular flexibility index (Phi) is 4.04. The molecule has 1 heterocycles. The zero-order valence-corrected chi connectivity index (χ0v) is 13.5. The molecule has 22 heavy (non-hydrogen) atoms. The summed E-state index contributed by atoms with van der Waals surface area (Å²) in [6, 6.07) is 7.66. The fourth-order valence-corrected chi connectivity index (χ4v) is 2.27. The molecule has 0 saturated carbocycles. The van der Waals surface area contributed by atoms with Gasteiger partial charge in [0.15, 0.2) is 5.54 Å². The van der Waals surface area contributed by atoms with E-state index in [1.54, 1.807) is 20.8 Å². The van der Waals surface area contributed by atoms with Crippen molar-refractivity contribution in [1.29, 1.82) is 0 Å². The van der Waals surface area contributed by atoms with Gasteiger partial charge in [0.2, 0.25) is 5.91 Å². The second kappa shape index (κ2) is 5.51. The summed E-state index contributed by atoms with van der Waals surface area (Å²) in [6.45, 7) is 7.79. The Morgan fingerprint density at radius 1 is 1.23 bits per heavy atom. The molecule has 0 radical (unpaired) electrons. The van der Waals surface area contributed by atoms with Gasteiger partial charge < -0.3 is 20.7 Å². The van der Waals surface area contributed by atoms with Crippen LogP contribution in [0.4, 0.5) is 10.5 Å². The molecule has 0 unspecified atom stereocenters. The molecule has 1 aromatic rings. The highest BCUT2D eigenvalue weighted by atomic mass is 16.6. The lowest BCUT2D eigenvalue weighted by atomic mass is 9.89. The van der Waals surface area contributed by atoms with E-state index in [4.69, 9.17) is 10.5 Å². The van der Waals surface area contributed by atoms with E-state index in [1.165, 1.54) is 4.90 Å². The Hall–Kier alpha value is -2.24. The van der Waals surface area contributed by atoms with Gasteiger partial charge in [-0.15, -0.1) is 0 Å². The van der Waals surface area contributed by atoms with Crippen LogP contribution in [-0.4, -0.2) is 41.1 Å². The van der Waals surface area contributed by atoms with E-state index in [9.17, 15) is 9.59 Å². The molecule has 6 nitrogen and oxygen atoms in total. The average molecular weight is 305 g/mol. The number of primary amides is 1. The molecule has 6 heteroatoms. The molecule has 0 aliphatic carbocycles. The lowest BCUT2D eigenvalue weighted by Gasteiger charge is -2.48. The topological polar surface area (TPSA) is 84.7 Å². The van der Waals surface area contributed by atoms with Crippen LogP contribution < -0.4 is 11.1 Å². The number of nitrogens with zero attached hydrogens (tertiary/aromatic N) is 1. The molecule has 2 amide bonds. The number of aryl methyl sites for hydroxylation is 1. The molecule has 0 spiro atoms. The third kappa shape index (κ3) is 3.50. The Labute approximate surface area is 130 Å². The maximum atomic E-state index is 12.0. The molecular formula is C16H23N3O3. The number of likely N-dealkylation sites (tertiary alicyclic amines) is 1. The number of nitrogens with one attached hydrogen (secondary N) is 1. The van der Waals surface area contributed by atoms with E-state index in [0.717, 1.165) is 11.3 Å². The summed E-state index contributed by atoms with van der Waals surface area (Å²) in [5.41, 5.74) is 5.95. The van der Waals surface area contributed by atoms with Crippen LogP contribution in [0.1, 0.15) is 26.3 Å². The minimum Gasteiger partial charge on any atom is -0.444 e. The standard InChI is InChI=1S/C16H23N3O3/c1-11-5-7-12(8-6-11)18-16(13(17)20)9-19(10-16)14(21)22-15(2,3)4/h5-8,18H,9-10H2,1-4H3,(H2,17,20). The van der Waals surface area contributed by atoms with Crippen LogP contribution in [0.3, 0.4) is 0 Å². The second-order valence-corrected chi connectivity index (χ2v) is 6.77. The highest BCUT2D eigenvalue weighted by molar-refractivity contribution is 5.92. The maximum Gasteiger partial charge on any atom is 0.410 e. The average Bonchev–Trinajstić information content (AvgIpc) is 2.32. The summed E-state index contributed by atoms with van der Waals surface area (Å²) in [7, 11) is 0. The molecule has 120 valence electrons. The van der Waals surface area contributed by atoms with Gasteiger partial charge in [0.1, 0.15) is 5.60 Å². The van der Waals surface area contributed by atoms with E-state index in [2.05, 4.69) is 5.32 Å². The third-order valence-electron chi connectivity index (χ3n) is 3.48. The summed E-state index contributed by atoms with van der Waals surface area (Å²) < 4.78 is 5.29. The third-order valence-corrected chi connectivity index (χ3v) is 3.48. The number of carbonyl (C=O) groups is 2. The van der Waals surface area contributed by atoms with Crippen molar-refractivity contribution in [3.63, 3.8) is 0 Å². The first kappa shape index (κ1) is 16.1. The monoisotopic (exact) mass is 305 g/mol. The number of anilines is 1. The quantitative estimate of drug-likeness (QED) is 0.893. The van der Waals surface area contributed by atoms with Gasteiger partial charge in [0.05, 0.1) is 13.1 Å². The van der Waals surface area contributed by atoms with Crippen molar-refractivity contribution in [1.82, 2.24) is 4.90 Å². The molecule has 1 fully saturated rings. The van der Waals surface area contributed by atoms with Crippen molar-refractivity contribution in [3.05, 3.63) is 29.8 Å². The van der Waals surface area contributed by atoms with Crippen LogP contribution in [0.15, 0.2) is 24.3 Å². The van der Waals surface area contributed by atoms with Crippen LogP contribution >= 0.6 is 0 Å². The number of ether oxygens (including phenoxy) is 1. The van der Waals surface area contributed by atoms with E-state index in [-0.39, 0.29) is 13.1 Å². The van der Waals surface area contributed by atoms with Crippen molar-refractivity contribution < 1.29 is 14.3 Å². The maximum absolute atomic E-state index is 12.0. The van der Waals surface area contributed by atoms with Crippen molar-refractivity contribution in [2.24, 2.45) is 5.73 Å². The van der Waals surface area contributed by atoms with Gasteiger partial charge in [0, 0.05) is 5.69 Å². The molecule has 0 atom stereocenters. The SMILES string of the molecule is Cc1ccc(NC2(C(N)=O)CN(C(=O)OC(C)(C)C)C2)cc1. The van der Waals surface area contributed by atoms with E-state index in [1.807, 2.05) is 31.2 Å². The van der Waals surface area contributed by atoms with Gasteiger partial charge in [-0.25, -0.2) is 4.79 Å². The number of nitrogens with two attached hydrogens (primary N) is 1. The predicted molar refractivity (Wildman–Crippen MR) is 84.5 cm³/mol. The lowest BCUT2D eigenvalue weighted by molar-refractivity contribution is -0.127. The minimum atomic E-state index is -0.938. The summed E-state index contributed by atoms with van der Waals surface area (Å²) in [5.74, 6) is -0.479. The fraction of sp³-hybridized carbons (Fsp3) is 0.500. The number of amides is 2. The molecular weight excluding hydrogens is 282 g/mol. The van der Waals surface area contributed by atoms with Crippen molar-refractivity contribution in [2.75, 3.05) is 18.4 Å². The zero-order chi connectivity index (χ0) is 16.5. The van der Waals surface area contributed by atoms with Gasteiger partial charge in [-0.3, -0.25) is 4.79 Å². The Morgan fingerprint density at radius 3 is 2.23 bits per heavy atom. The fourth-order valence-electron chi connectivity index (χ4n) is 2.27. The minimum absolute atomic E-state index is 0.200. The number of rotatable bonds is 3. The number of benzene rings is 1. The molecule has 1 aromatic carbocycles.